The monoisotopic (exact) mass is 330 g/mol. The summed E-state index contributed by atoms with van der Waals surface area (Å²) >= 11 is 0. The van der Waals surface area contributed by atoms with Gasteiger partial charge in [-0.15, -0.1) is 0 Å². The number of nitrogens with one attached hydrogen (secondary N) is 1. The van der Waals surface area contributed by atoms with Crippen molar-refractivity contribution in [1.29, 1.82) is 0 Å². The number of aromatic nitrogens is 3. The van der Waals surface area contributed by atoms with E-state index < -0.39 is 11.5 Å². The Kier molecular flexibility index (Phi) is 4.28. The lowest BCUT2D eigenvalue weighted by molar-refractivity contribution is 0.0689. The predicted octanol–water partition coefficient (Wildman–Crippen LogP) is 1.92. The number of carbonyl (C=O) groups excluding carboxylic acids is 1. The maximum atomic E-state index is 12.6. The molecule has 0 radical (unpaired) electrons. The van der Waals surface area contributed by atoms with Crippen LogP contribution in [0.15, 0.2) is 22.9 Å². The average Bonchev–Trinajstić information content (AvgIpc) is 3.24. The van der Waals surface area contributed by atoms with Crippen LogP contribution in [0.25, 0.3) is 0 Å². The van der Waals surface area contributed by atoms with Crippen molar-refractivity contribution in [3.63, 3.8) is 0 Å². The van der Waals surface area contributed by atoms with Crippen molar-refractivity contribution in [2.45, 2.75) is 44.6 Å². The second kappa shape index (κ2) is 6.38. The number of amides is 1. The number of pyridine rings is 1. The molecule has 0 unspecified atom stereocenters. The lowest BCUT2D eigenvalue weighted by Gasteiger charge is -2.26. The molecule has 126 valence electrons. The summed E-state index contributed by atoms with van der Waals surface area (Å²) < 4.78 is 5.19. The molecule has 0 aliphatic heterocycles. The number of aryl methyl sites for hydroxylation is 1. The molecule has 1 saturated carbocycles. The van der Waals surface area contributed by atoms with Gasteiger partial charge in [-0.3, -0.25) is 4.79 Å². The molecule has 0 bridgehead atoms. The maximum absolute atomic E-state index is 12.6. The number of carboxylic acid groups (broad SMARTS) is 1. The molecule has 0 aromatic carbocycles. The molecule has 8 nitrogen and oxygen atoms in total. The van der Waals surface area contributed by atoms with Crippen LogP contribution >= 0.6 is 0 Å². The van der Waals surface area contributed by atoms with Crippen molar-refractivity contribution < 1.29 is 19.2 Å². The average molecular weight is 330 g/mol. The fraction of sp³-hybridized carbons (Fsp3) is 0.438. The molecule has 2 heterocycles. The largest absolute Gasteiger partial charge is 0.477 e. The summed E-state index contributed by atoms with van der Waals surface area (Å²) in [6, 6.07) is 2.75. The van der Waals surface area contributed by atoms with Gasteiger partial charge in [0.1, 0.15) is 11.2 Å². The van der Waals surface area contributed by atoms with Gasteiger partial charge < -0.3 is 14.9 Å². The van der Waals surface area contributed by atoms with E-state index in [0.717, 1.165) is 25.7 Å². The minimum atomic E-state index is -1.13. The highest BCUT2D eigenvalue weighted by Gasteiger charge is 2.41. The lowest BCUT2D eigenvalue weighted by Crippen LogP contribution is -2.44. The normalized spacial score (nSPS) is 16.0. The molecular formula is C16H18N4O4. The summed E-state index contributed by atoms with van der Waals surface area (Å²) in [5.74, 6) is -0.421. The van der Waals surface area contributed by atoms with Crippen LogP contribution in [-0.2, 0) is 12.0 Å². The molecule has 1 aliphatic carbocycles. The van der Waals surface area contributed by atoms with Crippen LogP contribution in [-0.4, -0.2) is 32.1 Å². The van der Waals surface area contributed by atoms with Gasteiger partial charge in [-0.25, -0.2) is 9.78 Å². The van der Waals surface area contributed by atoms with E-state index in [-0.39, 0.29) is 11.6 Å². The van der Waals surface area contributed by atoms with Gasteiger partial charge in [-0.2, -0.15) is 4.98 Å². The van der Waals surface area contributed by atoms with Crippen molar-refractivity contribution in [3.05, 3.63) is 41.3 Å². The van der Waals surface area contributed by atoms with E-state index in [0.29, 0.717) is 23.7 Å². The molecule has 3 rings (SSSR count). The third-order valence-corrected chi connectivity index (χ3v) is 4.25. The summed E-state index contributed by atoms with van der Waals surface area (Å²) in [6.07, 6.45) is 5.30. The molecule has 0 saturated heterocycles. The molecule has 1 amide bonds. The molecule has 24 heavy (non-hydrogen) atoms. The van der Waals surface area contributed by atoms with Crippen LogP contribution in [0.3, 0.4) is 0 Å². The van der Waals surface area contributed by atoms with Crippen LogP contribution in [0, 0.1) is 0 Å². The SMILES string of the molecule is CCc1nc(C2(NC(=O)c3ccc(C(=O)O)nc3)CCCC2)no1. The Bertz CT molecular complexity index is 748. The Morgan fingerprint density at radius 1 is 1.33 bits per heavy atom. The van der Waals surface area contributed by atoms with E-state index >= 15 is 0 Å². The van der Waals surface area contributed by atoms with Crippen LogP contribution in [0.1, 0.15) is 65.2 Å². The highest BCUT2D eigenvalue weighted by atomic mass is 16.5. The fourth-order valence-electron chi connectivity index (χ4n) is 2.92. The van der Waals surface area contributed by atoms with Crippen molar-refractivity contribution in [1.82, 2.24) is 20.4 Å². The number of hydrogen-bond donors (Lipinski definition) is 2. The smallest absolute Gasteiger partial charge is 0.354 e. The van der Waals surface area contributed by atoms with E-state index in [1.807, 2.05) is 6.92 Å². The third-order valence-electron chi connectivity index (χ3n) is 4.25. The third kappa shape index (κ3) is 2.99. The van der Waals surface area contributed by atoms with Crippen LogP contribution in [0.2, 0.25) is 0 Å². The highest BCUT2D eigenvalue weighted by Crippen LogP contribution is 2.37. The first-order chi connectivity index (χ1) is 11.5. The Balaban J connectivity index is 1.82. The second-order valence-corrected chi connectivity index (χ2v) is 5.85. The van der Waals surface area contributed by atoms with Gasteiger partial charge in [0, 0.05) is 12.6 Å². The van der Waals surface area contributed by atoms with Gasteiger partial charge in [-0.05, 0) is 25.0 Å². The van der Waals surface area contributed by atoms with E-state index in [1.54, 1.807) is 0 Å². The van der Waals surface area contributed by atoms with Gasteiger partial charge in [0.2, 0.25) is 5.89 Å². The van der Waals surface area contributed by atoms with E-state index in [4.69, 9.17) is 9.63 Å². The summed E-state index contributed by atoms with van der Waals surface area (Å²) in [5, 5.41) is 15.9. The Morgan fingerprint density at radius 3 is 2.62 bits per heavy atom. The molecule has 2 aromatic rings. The number of aromatic carboxylic acids is 1. The number of nitrogens with zero attached hydrogens (tertiary/aromatic N) is 3. The molecule has 1 fully saturated rings. The predicted molar refractivity (Wildman–Crippen MR) is 82.5 cm³/mol. The van der Waals surface area contributed by atoms with Crippen molar-refractivity contribution in [2.75, 3.05) is 0 Å². The van der Waals surface area contributed by atoms with Crippen LogP contribution < -0.4 is 5.32 Å². The van der Waals surface area contributed by atoms with E-state index in [1.165, 1.54) is 18.3 Å². The van der Waals surface area contributed by atoms with Gasteiger partial charge in [0.05, 0.1) is 5.56 Å². The number of rotatable bonds is 5. The minimum Gasteiger partial charge on any atom is -0.477 e. The number of carbonyl (C=O) groups is 2. The molecule has 0 atom stereocenters. The Hall–Kier alpha value is -2.77. The first-order valence-electron chi connectivity index (χ1n) is 7.89. The fourth-order valence-corrected chi connectivity index (χ4v) is 2.92. The summed E-state index contributed by atoms with van der Waals surface area (Å²) in [5.41, 5.74) is -0.446. The van der Waals surface area contributed by atoms with Crippen LogP contribution in [0.5, 0.6) is 0 Å². The second-order valence-electron chi connectivity index (χ2n) is 5.85. The zero-order valence-corrected chi connectivity index (χ0v) is 13.3. The molecule has 2 N–H and O–H groups in total. The van der Waals surface area contributed by atoms with Crippen molar-refractivity contribution >= 4 is 11.9 Å². The van der Waals surface area contributed by atoms with Gasteiger partial charge >= 0.3 is 5.97 Å². The quantitative estimate of drug-likeness (QED) is 0.859. The standard InChI is InChI=1S/C16H18N4O4/c1-2-12-18-15(20-24-12)16(7-3-4-8-16)19-13(21)10-5-6-11(14(22)23)17-9-10/h5-6,9H,2-4,7-8H2,1H3,(H,19,21)(H,22,23). The number of hydrogen-bond acceptors (Lipinski definition) is 6. The molecule has 0 spiro atoms. The van der Waals surface area contributed by atoms with Gasteiger partial charge in [0.15, 0.2) is 5.82 Å². The molecule has 2 aromatic heterocycles. The Morgan fingerprint density at radius 2 is 2.08 bits per heavy atom. The van der Waals surface area contributed by atoms with E-state index in [9.17, 15) is 9.59 Å². The number of carboxylic acids is 1. The van der Waals surface area contributed by atoms with Gasteiger partial charge in [0.25, 0.3) is 5.91 Å². The lowest BCUT2D eigenvalue weighted by atomic mass is 9.96. The first kappa shape index (κ1) is 16.1. The summed E-state index contributed by atoms with van der Waals surface area (Å²) in [6.45, 7) is 1.92. The zero-order valence-electron chi connectivity index (χ0n) is 13.3. The van der Waals surface area contributed by atoms with Crippen molar-refractivity contribution in [3.8, 4) is 0 Å². The molecule has 1 aliphatic rings. The van der Waals surface area contributed by atoms with Gasteiger partial charge in [-0.1, -0.05) is 24.9 Å². The maximum Gasteiger partial charge on any atom is 0.354 e. The Labute approximate surface area is 138 Å². The summed E-state index contributed by atoms with van der Waals surface area (Å²) in [4.78, 5) is 31.5. The summed E-state index contributed by atoms with van der Waals surface area (Å²) in [7, 11) is 0. The molecule has 8 heteroatoms. The minimum absolute atomic E-state index is 0.104. The zero-order chi connectivity index (χ0) is 17.2. The highest BCUT2D eigenvalue weighted by molar-refractivity contribution is 5.95. The first-order valence-corrected chi connectivity index (χ1v) is 7.89. The molecular weight excluding hydrogens is 312 g/mol. The topological polar surface area (TPSA) is 118 Å². The van der Waals surface area contributed by atoms with Crippen LogP contribution in [0.4, 0.5) is 0 Å². The van der Waals surface area contributed by atoms with E-state index in [2.05, 4.69) is 20.4 Å². The van der Waals surface area contributed by atoms with Crippen molar-refractivity contribution in [2.24, 2.45) is 0 Å².